The van der Waals surface area contributed by atoms with Gasteiger partial charge >= 0.3 is 0 Å². The van der Waals surface area contributed by atoms with Crippen molar-refractivity contribution in [1.29, 1.82) is 0 Å². The SMILES string of the molecule is CCN(Cc1c(CN)sc2ccccc12)CC1CCC1. The molecule has 1 aromatic heterocycles. The minimum Gasteiger partial charge on any atom is -0.326 e. The summed E-state index contributed by atoms with van der Waals surface area (Å²) in [6.07, 6.45) is 4.27. The van der Waals surface area contributed by atoms with Crippen molar-refractivity contribution in [2.24, 2.45) is 11.7 Å². The van der Waals surface area contributed by atoms with Crippen molar-refractivity contribution in [1.82, 2.24) is 4.90 Å². The number of nitrogens with two attached hydrogens (primary N) is 1. The van der Waals surface area contributed by atoms with Gasteiger partial charge in [0.15, 0.2) is 0 Å². The molecule has 0 radical (unpaired) electrons. The molecule has 0 atom stereocenters. The van der Waals surface area contributed by atoms with Crippen LogP contribution in [-0.4, -0.2) is 18.0 Å². The summed E-state index contributed by atoms with van der Waals surface area (Å²) >= 11 is 1.86. The molecule has 0 aliphatic heterocycles. The van der Waals surface area contributed by atoms with E-state index in [1.165, 1.54) is 46.3 Å². The van der Waals surface area contributed by atoms with Gasteiger partial charge in [-0.3, -0.25) is 4.90 Å². The summed E-state index contributed by atoms with van der Waals surface area (Å²) in [5.41, 5.74) is 7.43. The summed E-state index contributed by atoms with van der Waals surface area (Å²) in [5.74, 6) is 0.932. The maximum absolute atomic E-state index is 5.96. The minimum absolute atomic E-state index is 0.662. The first kappa shape index (κ1) is 14.1. The van der Waals surface area contributed by atoms with Crippen LogP contribution in [0.5, 0.6) is 0 Å². The zero-order valence-corrected chi connectivity index (χ0v) is 13.1. The molecule has 1 aliphatic rings. The first-order valence-corrected chi connectivity index (χ1v) is 8.55. The Hall–Kier alpha value is -0.900. The van der Waals surface area contributed by atoms with Gasteiger partial charge in [0.1, 0.15) is 0 Å². The molecule has 1 aromatic carbocycles. The summed E-state index contributed by atoms with van der Waals surface area (Å²) in [6, 6.07) is 8.72. The maximum Gasteiger partial charge on any atom is 0.0349 e. The van der Waals surface area contributed by atoms with Gasteiger partial charge in [0.2, 0.25) is 0 Å². The molecule has 0 bridgehead atoms. The van der Waals surface area contributed by atoms with E-state index in [9.17, 15) is 0 Å². The van der Waals surface area contributed by atoms with Gasteiger partial charge < -0.3 is 5.73 Å². The van der Waals surface area contributed by atoms with Gasteiger partial charge in [-0.25, -0.2) is 0 Å². The van der Waals surface area contributed by atoms with Crippen LogP contribution in [0.4, 0.5) is 0 Å². The van der Waals surface area contributed by atoms with Crippen LogP contribution in [-0.2, 0) is 13.1 Å². The van der Waals surface area contributed by atoms with Gasteiger partial charge in [-0.05, 0) is 42.3 Å². The smallest absolute Gasteiger partial charge is 0.0349 e. The summed E-state index contributed by atoms with van der Waals surface area (Å²) in [7, 11) is 0. The Morgan fingerprint density at radius 2 is 2.10 bits per heavy atom. The van der Waals surface area contributed by atoms with Crippen molar-refractivity contribution < 1.29 is 0 Å². The van der Waals surface area contributed by atoms with E-state index in [2.05, 4.69) is 36.1 Å². The second kappa shape index (κ2) is 6.25. The molecule has 2 nitrogen and oxygen atoms in total. The van der Waals surface area contributed by atoms with Crippen LogP contribution in [0, 0.1) is 5.92 Å². The van der Waals surface area contributed by atoms with Gasteiger partial charge in [0.05, 0.1) is 0 Å². The standard InChI is InChI=1S/C17H24N2S/c1-2-19(11-13-6-5-7-13)12-15-14-8-3-4-9-16(14)20-17(15)10-18/h3-4,8-9,13H,2,5-7,10-12,18H2,1H3. The number of nitrogens with zero attached hydrogens (tertiary/aromatic N) is 1. The molecule has 1 aliphatic carbocycles. The van der Waals surface area contributed by atoms with Crippen molar-refractivity contribution >= 4 is 21.4 Å². The summed E-state index contributed by atoms with van der Waals surface area (Å²) in [4.78, 5) is 3.95. The molecule has 0 amide bonds. The fourth-order valence-electron chi connectivity index (χ4n) is 3.06. The quantitative estimate of drug-likeness (QED) is 0.871. The Kier molecular flexibility index (Phi) is 4.39. The predicted molar refractivity (Wildman–Crippen MR) is 88.0 cm³/mol. The Balaban J connectivity index is 1.83. The average molecular weight is 288 g/mol. The molecule has 0 unspecified atom stereocenters. The van der Waals surface area contributed by atoms with Crippen molar-refractivity contribution in [3.63, 3.8) is 0 Å². The van der Waals surface area contributed by atoms with Gasteiger partial charge in [0, 0.05) is 29.2 Å². The van der Waals surface area contributed by atoms with E-state index in [4.69, 9.17) is 5.73 Å². The maximum atomic E-state index is 5.96. The van der Waals surface area contributed by atoms with E-state index < -0.39 is 0 Å². The molecule has 1 heterocycles. The summed E-state index contributed by atoms with van der Waals surface area (Å²) in [5, 5.41) is 1.41. The minimum atomic E-state index is 0.662. The molecule has 2 N–H and O–H groups in total. The lowest BCUT2D eigenvalue weighted by Crippen LogP contribution is -2.32. The summed E-state index contributed by atoms with van der Waals surface area (Å²) in [6.45, 7) is 6.38. The van der Waals surface area contributed by atoms with Crippen molar-refractivity contribution in [3.8, 4) is 0 Å². The molecular weight excluding hydrogens is 264 g/mol. The monoisotopic (exact) mass is 288 g/mol. The normalized spacial score (nSPS) is 15.9. The number of hydrogen-bond acceptors (Lipinski definition) is 3. The number of fused-ring (bicyclic) bond motifs is 1. The molecule has 2 aromatic rings. The third-order valence-corrected chi connectivity index (χ3v) is 5.77. The number of thiophene rings is 1. The van der Waals surface area contributed by atoms with E-state index in [0.717, 1.165) is 19.0 Å². The van der Waals surface area contributed by atoms with E-state index in [-0.39, 0.29) is 0 Å². The van der Waals surface area contributed by atoms with Crippen LogP contribution in [0.15, 0.2) is 24.3 Å². The van der Waals surface area contributed by atoms with Gasteiger partial charge in [-0.15, -0.1) is 11.3 Å². The molecule has 1 fully saturated rings. The molecule has 0 spiro atoms. The van der Waals surface area contributed by atoms with Crippen LogP contribution in [0.2, 0.25) is 0 Å². The zero-order chi connectivity index (χ0) is 13.9. The highest BCUT2D eigenvalue weighted by Gasteiger charge is 2.21. The highest BCUT2D eigenvalue weighted by molar-refractivity contribution is 7.19. The molecule has 20 heavy (non-hydrogen) atoms. The van der Waals surface area contributed by atoms with E-state index in [0.29, 0.717) is 6.54 Å². The molecule has 3 heteroatoms. The van der Waals surface area contributed by atoms with Gasteiger partial charge in [-0.2, -0.15) is 0 Å². The van der Waals surface area contributed by atoms with Gasteiger partial charge in [-0.1, -0.05) is 31.5 Å². The lowest BCUT2D eigenvalue weighted by Gasteiger charge is -2.32. The van der Waals surface area contributed by atoms with Crippen LogP contribution in [0.1, 0.15) is 36.6 Å². The molecule has 108 valence electrons. The van der Waals surface area contributed by atoms with Crippen molar-refractivity contribution in [2.75, 3.05) is 13.1 Å². The first-order chi connectivity index (χ1) is 9.81. The van der Waals surface area contributed by atoms with Crippen LogP contribution in [0.25, 0.3) is 10.1 Å². The predicted octanol–water partition coefficient (Wildman–Crippen LogP) is 3.98. The van der Waals surface area contributed by atoms with Crippen LogP contribution < -0.4 is 5.73 Å². The third-order valence-electron chi connectivity index (χ3n) is 4.54. The second-order valence-corrected chi connectivity index (χ2v) is 6.97. The lowest BCUT2D eigenvalue weighted by molar-refractivity contribution is 0.178. The first-order valence-electron chi connectivity index (χ1n) is 7.73. The Morgan fingerprint density at radius 1 is 1.30 bits per heavy atom. The van der Waals surface area contributed by atoms with Crippen LogP contribution >= 0.6 is 11.3 Å². The summed E-state index contributed by atoms with van der Waals surface area (Å²) < 4.78 is 1.38. The fraction of sp³-hybridized carbons (Fsp3) is 0.529. The Labute approximate surface area is 125 Å². The molecular formula is C17H24N2S. The Morgan fingerprint density at radius 3 is 2.75 bits per heavy atom. The Bertz CT molecular complexity index is 571. The third kappa shape index (κ3) is 2.76. The topological polar surface area (TPSA) is 29.3 Å². The van der Waals surface area contributed by atoms with Crippen molar-refractivity contribution in [2.45, 2.75) is 39.3 Å². The van der Waals surface area contributed by atoms with Gasteiger partial charge in [0.25, 0.3) is 0 Å². The van der Waals surface area contributed by atoms with E-state index >= 15 is 0 Å². The van der Waals surface area contributed by atoms with E-state index in [1.54, 1.807) is 0 Å². The van der Waals surface area contributed by atoms with E-state index in [1.807, 2.05) is 11.3 Å². The molecule has 3 rings (SSSR count). The molecule has 0 saturated heterocycles. The lowest BCUT2D eigenvalue weighted by atomic mass is 9.85. The molecule has 1 saturated carbocycles. The van der Waals surface area contributed by atoms with Crippen LogP contribution in [0.3, 0.4) is 0 Å². The number of benzene rings is 1. The fourth-order valence-corrected chi connectivity index (χ4v) is 4.15. The number of hydrogen-bond donors (Lipinski definition) is 1. The largest absolute Gasteiger partial charge is 0.326 e. The van der Waals surface area contributed by atoms with Crippen molar-refractivity contribution in [3.05, 3.63) is 34.7 Å². The highest BCUT2D eigenvalue weighted by Crippen LogP contribution is 2.33. The number of rotatable bonds is 6. The zero-order valence-electron chi connectivity index (χ0n) is 12.3. The highest BCUT2D eigenvalue weighted by atomic mass is 32.1. The second-order valence-electron chi connectivity index (χ2n) is 5.83. The average Bonchev–Trinajstić information content (AvgIpc) is 2.79.